The summed E-state index contributed by atoms with van der Waals surface area (Å²) in [5.74, 6) is -0.101. The second kappa shape index (κ2) is 11.8. The zero-order chi connectivity index (χ0) is 21.1. The number of hydrazine groups is 1. The molecular formula is C21H25N3O4S. The lowest BCUT2D eigenvalue weighted by molar-refractivity contribution is -0.130. The Balaban J connectivity index is 1.86. The zero-order valence-corrected chi connectivity index (χ0v) is 17.3. The van der Waals surface area contributed by atoms with Gasteiger partial charge in [0, 0.05) is 5.56 Å². The van der Waals surface area contributed by atoms with E-state index >= 15 is 0 Å². The summed E-state index contributed by atoms with van der Waals surface area (Å²) in [6, 6.07) is 15.1. The highest BCUT2D eigenvalue weighted by molar-refractivity contribution is 7.98. The Labute approximate surface area is 174 Å². The van der Waals surface area contributed by atoms with Crippen LogP contribution in [0.1, 0.15) is 22.3 Å². The number of amides is 3. The molecule has 0 aliphatic carbocycles. The Morgan fingerprint density at radius 3 is 2.34 bits per heavy atom. The van der Waals surface area contributed by atoms with Crippen LogP contribution < -0.4 is 20.9 Å². The van der Waals surface area contributed by atoms with Crippen molar-refractivity contribution in [2.45, 2.75) is 19.4 Å². The van der Waals surface area contributed by atoms with Gasteiger partial charge in [-0.1, -0.05) is 35.9 Å². The third-order valence-electron chi connectivity index (χ3n) is 3.99. The molecule has 1 atom stereocenters. The van der Waals surface area contributed by atoms with Gasteiger partial charge in [0.05, 0.1) is 0 Å². The largest absolute Gasteiger partial charge is 0.484 e. The molecule has 0 saturated carbocycles. The molecule has 0 radical (unpaired) electrons. The summed E-state index contributed by atoms with van der Waals surface area (Å²) in [5, 5.41) is 2.65. The fourth-order valence-corrected chi connectivity index (χ4v) is 2.86. The zero-order valence-electron chi connectivity index (χ0n) is 16.4. The van der Waals surface area contributed by atoms with Crippen molar-refractivity contribution in [3.8, 4) is 5.75 Å². The number of nitrogens with one attached hydrogen (secondary N) is 3. The van der Waals surface area contributed by atoms with Gasteiger partial charge in [-0.15, -0.1) is 0 Å². The van der Waals surface area contributed by atoms with Gasteiger partial charge in [0.25, 0.3) is 17.7 Å². The van der Waals surface area contributed by atoms with E-state index in [2.05, 4.69) is 16.2 Å². The normalized spacial score (nSPS) is 11.2. The molecule has 0 aliphatic rings. The minimum atomic E-state index is -0.785. The average Bonchev–Trinajstić information content (AvgIpc) is 2.74. The number of ether oxygens (including phenoxy) is 1. The quantitative estimate of drug-likeness (QED) is 0.545. The lowest BCUT2D eigenvalue weighted by atomic mass is 10.1. The summed E-state index contributed by atoms with van der Waals surface area (Å²) in [6.45, 7) is 1.72. The molecular weight excluding hydrogens is 390 g/mol. The Morgan fingerprint density at radius 2 is 1.69 bits per heavy atom. The minimum Gasteiger partial charge on any atom is -0.484 e. The van der Waals surface area contributed by atoms with Crippen molar-refractivity contribution < 1.29 is 19.1 Å². The van der Waals surface area contributed by atoms with Crippen LogP contribution in [0, 0.1) is 6.92 Å². The van der Waals surface area contributed by atoms with Crippen LogP contribution in [0.15, 0.2) is 54.6 Å². The van der Waals surface area contributed by atoms with Crippen LogP contribution in [0.2, 0.25) is 0 Å². The lowest BCUT2D eigenvalue weighted by Crippen LogP contribution is -2.53. The number of benzene rings is 2. The van der Waals surface area contributed by atoms with E-state index in [4.69, 9.17) is 4.74 Å². The first-order valence-corrected chi connectivity index (χ1v) is 10.5. The van der Waals surface area contributed by atoms with Crippen LogP contribution in [0.5, 0.6) is 5.75 Å². The maximum atomic E-state index is 12.5. The summed E-state index contributed by atoms with van der Waals surface area (Å²) >= 11 is 1.56. The summed E-state index contributed by atoms with van der Waals surface area (Å²) in [7, 11) is 0. The van der Waals surface area contributed by atoms with Gasteiger partial charge in [-0.25, -0.2) is 0 Å². The number of carbonyl (C=O) groups excluding carboxylic acids is 3. The highest BCUT2D eigenvalue weighted by Crippen LogP contribution is 2.08. The third-order valence-corrected chi connectivity index (χ3v) is 4.63. The van der Waals surface area contributed by atoms with Crippen LogP contribution in [0.25, 0.3) is 0 Å². The number of aryl methyl sites for hydroxylation is 1. The Kier molecular flexibility index (Phi) is 9.04. The molecule has 0 saturated heterocycles. The summed E-state index contributed by atoms with van der Waals surface area (Å²) in [6.07, 6.45) is 2.33. The summed E-state index contributed by atoms with van der Waals surface area (Å²) in [5.41, 5.74) is 6.22. The van der Waals surface area contributed by atoms with E-state index in [0.29, 0.717) is 23.5 Å². The number of hydrogen-bond acceptors (Lipinski definition) is 5. The third kappa shape index (κ3) is 7.87. The van der Waals surface area contributed by atoms with Crippen molar-refractivity contribution >= 4 is 29.5 Å². The van der Waals surface area contributed by atoms with Gasteiger partial charge < -0.3 is 10.1 Å². The molecule has 0 aromatic heterocycles. The predicted octanol–water partition coefficient (Wildman–Crippen LogP) is 2.07. The second-order valence-electron chi connectivity index (χ2n) is 6.31. The van der Waals surface area contributed by atoms with E-state index < -0.39 is 23.8 Å². The van der Waals surface area contributed by atoms with E-state index in [0.717, 1.165) is 5.56 Å². The van der Waals surface area contributed by atoms with Crippen molar-refractivity contribution in [2.75, 3.05) is 18.6 Å². The van der Waals surface area contributed by atoms with Crippen molar-refractivity contribution in [1.82, 2.24) is 16.2 Å². The molecule has 0 bridgehead atoms. The molecule has 7 nitrogen and oxygen atoms in total. The van der Waals surface area contributed by atoms with Crippen molar-refractivity contribution in [2.24, 2.45) is 0 Å². The monoisotopic (exact) mass is 415 g/mol. The van der Waals surface area contributed by atoms with Crippen molar-refractivity contribution in [3.05, 3.63) is 65.7 Å². The van der Waals surface area contributed by atoms with Gasteiger partial charge in [-0.05, 0) is 49.6 Å². The number of hydrogen-bond donors (Lipinski definition) is 3. The van der Waals surface area contributed by atoms with Gasteiger partial charge in [0.15, 0.2) is 6.61 Å². The molecule has 0 fully saturated rings. The summed E-state index contributed by atoms with van der Waals surface area (Å²) < 4.78 is 5.40. The molecule has 0 aliphatic heterocycles. The number of para-hydroxylation sites is 1. The Hall–Kier alpha value is -3.00. The van der Waals surface area contributed by atoms with Gasteiger partial charge in [-0.3, -0.25) is 25.2 Å². The topological polar surface area (TPSA) is 96.5 Å². The van der Waals surface area contributed by atoms with E-state index in [1.54, 1.807) is 48.2 Å². The van der Waals surface area contributed by atoms with Gasteiger partial charge in [-0.2, -0.15) is 11.8 Å². The van der Waals surface area contributed by atoms with E-state index in [9.17, 15) is 14.4 Å². The highest BCUT2D eigenvalue weighted by Gasteiger charge is 2.21. The molecule has 8 heteroatoms. The molecule has 3 N–H and O–H groups in total. The van der Waals surface area contributed by atoms with Crippen molar-refractivity contribution in [1.29, 1.82) is 0 Å². The van der Waals surface area contributed by atoms with Gasteiger partial charge in [0.1, 0.15) is 11.8 Å². The van der Waals surface area contributed by atoms with E-state index in [1.165, 1.54) is 0 Å². The van der Waals surface area contributed by atoms with Crippen molar-refractivity contribution in [3.63, 3.8) is 0 Å². The maximum absolute atomic E-state index is 12.5. The van der Waals surface area contributed by atoms with Gasteiger partial charge >= 0.3 is 0 Å². The first-order chi connectivity index (χ1) is 14.0. The first-order valence-electron chi connectivity index (χ1n) is 9.12. The molecule has 3 amide bonds. The fourth-order valence-electron chi connectivity index (χ4n) is 2.39. The number of rotatable bonds is 9. The average molecular weight is 416 g/mol. The van der Waals surface area contributed by atoms with Crippen LogP contribution in [-0.2, 0) is 9.59 Å². The minimum absolute atomic E-state index is 0.206. The number of thioether (sulfide) groups is 1. The molecule has 0 heterocycles. The smallest absolute Gasteiger partial charge is 0.269 e. The second-order valence-corrected chi connectivity index (χ2v) is 7.30. The fraction of sp³-hybridized carbons (Fsp3) is 0.286. The van der Waals surface area contributed by atoms with Crippen LogP contribution >= 0.6 is 11.8 Å². The first kappa shape index (κ1) is 22.3. The Bertz CT molecular complexity index is 812. The standard InChI is InChI=1S/C21H25N3O4S/c1-15-8-10-16(11-9-15)20(26)23-24-21(27)18(12-13-29-2)22-19(25)14-28-17-6-4-3-5-7-17/h3-11,18H,12-14H2,1-2H3,(H,22,25)(H,23,26)(H,24,27). The predicted molar refractivity (Wildman–Crippen MR) is 114 cm³/mol. The molecule has 0 spiro atoms. The lowest BCUT2D eigenvalue weighted by Gasteiger charge is -2.18. The van der Waals surface area contributed by atoms with Crippen LogP contribution in [0.3, 0.4) is 0 Å². The highest BCUT2D eigenvalue weighted by atomic mass is 32.2. The molecule has 29 heavy (non-hydrogen) atoms. The van der Waals surface area contributed by atoms with Crippen LogP contribution in [-0.4, -0.2) is 42.4 Å². The summed E-state index contributed by atoms with van der Waals surface area (Å²) in [4.78, 5) is 36.8. The maximum Gasteiger partial charge on any atom is 0.269 e. The number of carbonyl (C=O) groups is 3. The molecule has 154 valence electrons. The van der Waals surface area contributed by atoms with E-state index in [1.807, 2.05) is 31.4 Å². The van der Waals surface area contributed by atoms with Crippen LogP contribution in [0.4, 0.5) is 0 Å². The van der Waals surface area contributed by atoms with Gasteiger partial charge in [0.2, 0.25) is 0 Å². The molecule has 2 aromatic rings. The molecule has 2 aromatic carbocycles. The van der Waals surface area contributed by atoms with E-state index in [-0.39, 0.29) is 6.61 Å². The molecule has 1 unspecified atom stereocenters. The molecule has 2 rings (SSSR count). The SMILES string of the molecule is CSCCC(NC(=O)COc1ccccc1)C(=O)NNC(=O)c1ccc(C)cc1. The Morgan fingerprint density at radius 1 is 1.00 bits per heavy atom.